The zero-order valence-corrected chi connectivity index (χ0v) is 20.8. The van der Waals surface area contributed by atoms with Gasteiger partial charge in [0.05, 0.1) is 24.3 Å². The molecule has 0 amide bonds. The van der Waals surface area contributed by atoms with Gasteiger partial charge in [-0.05, 0) is 69.9 Å². The molecule has 0 aromatic heterocycles. The van der Waals surface area contributed by atoms with E-state index in [1.807, 2.05) is 0 Å². The van der Waals surface area contributed by atoms with E-state index in [1.165, 1.54) is 11.1 Å². The van der Waals surface area contributed by atoms with Crippen molar-refractivity contribution in [2.75, 3.05) is 0 Å². The number of hydrogen-bond donors (Lipinski definition) is 0. The maximum absolute atomic E-state index is 9.17. The second-order valence-electron chi connectivity index (χ2n) is 9.57. The second kappa shape index (κ2) is 13.2. The Hall–Kier alpha value is -3.60. The molecule has 0 heterocycles. The van der Waals surface area contributed by atoms with E-state index in [9.17, 15) is 0 Å². The summed E-state index contributed by atoms with van der Waals surface area (Å²) in [6.07, 6.45) is 3.56. The van der Waals surface area contributed by atoms with E-state index in [-0.39, 0.29) is 23.7 Å². The van der Waals surface area contributed by atoms with Crippen LogP contribution in [0.2, 0.25) is 0 Å². The van der Waals surface area contributed by atoms with Crippen LogP contribution in [-0.2, 0) is 12.8 Å². The van der Waals surface area contributed by atoms with Gasteiger partial charge in [-0.15, -0.1) is 0 Å². The van der Waals surface area contributed by atoms with Gasteiger partial charge in [0.1, 0.15) is 0 Å². The van der Waals surface area contributed by atoms with Gasteiger partial charge in [0, 0.05) is 25.7 Å². The Morgan fingerprint density at radius 1 is 0.471 bits per heavy atom. The summed E-state index contributed by atoms with van der Waals surface area (Å²) in [6, 6.07) is 22.2. The van der Waals surface area contributed by atoms with Crippen molar-refractivity contribution in [3.8, 4) is 24.3 Å². The molecule has 0 bridgehead atoms. The Labute approximate surface area is 205 Å². The average Bonchev–Trinajstić information content (AvgIpc) is 2.83. The van der Waals surface area contributed by atoms with Crippen molar-refractivity contribution in [3.05, 3.63) is 69.8 Å². The van der Waals surface area contributed by atoms with Crippen LogP contribution in [0.25, 0.3) is 0 Å². The minimum Gasteiger partial charge on any atom is -0.198 e. The summed E-state index contributed by atoms with van der Waals surface area (Å²) in [5, 5.41) is 36.7. The molecule has 0 aliphatic heterocycles. The van der Waals surface area contributed by atoms with Crippen molar-refractivity contribution >= 4 is 0 Å². The van der Waals surface area contributed by atoms with Crippen LogP contribution in [0, 0.1) is 45.3 Å². The summed E-state index contributed by atoms with van der Waals surface area (Å²) in [4.78, 5) is 0. The third kappa shape index (κ3) is 7.48. The van der Waals surface area contributed by atoms with Gasteiger partial charge < -0.3 is 0 Å². The summed E-state index contributed by atoms with van der Waals surface area (Å²) < 4.78 is 0. The lowest BCUT2D eigenvalue weighted by atomic mass is 9.86. The molecule has 34 heavy (non-hydrogen) atoms. The summed E-state index contributed by atoms with van der Waals surface area (Å²) in [5.74, 6) is 0.580. The fourth-order valence-corrected chi connectivity index (χ4v) is 4.23. The quantitative estimate of drug-likeness (QED) is 0.353. The molecule has 4 heteroatoms. The van der Waals surface area contributed by atoms with Gasteiger partial charge in [-0.3, -0.25) is 0 Å². The first-order chi connectivity index (χ1) is 16.3. The van der Waals surface area contributed by atoms with Crippen LogP contribution in [-0.4, -0.2) is 0 Å². The molecule has 2 aromatic rings. The van der Waals surface area contributed by atoms with E-state index in [4.69, 9.17) is 21.0 Å². The topological polar surface area (TPSA) is 95.2 Å². The molecule has 4 unspecified atom stereocenters. The molecule has 174 valence electrons. The lowest BCUT2D eigenvalue weighted by Crippen LogP contribution is -2.03. The highest BCUT2D eigenvalue weighted by Gasteiger charge is 2.15. The van der Waals surface area contributed by atoms with Crippen LogP contribution < -0.4 is 0 Å². The highest BCUT2D eigenvalue weighted by Crippen LogP contribution is 2.30. The van der Waals surface area contributed by atoms with Crippen LogP contribution in [0.15, 0.2) is 36.4 Å². The number of aryl methyl sites for hydroxylation is 2. The van der Waals surface area contributed by atoms with Gasteiger partial charge in [-0.25, -0.2) is 0 Å². The third-order valence-corrected chi connectivity index (χ3v) is 6.64. The van der Waals surface area contributed by atoms with E-state index in [0.717, 1.165) is 35.1 Å². The zero-order chi connectivity index (χ0) is 25.1. The first-order valence-electron chi connectivity index (χ1n) is 12.1. The smallest absolute Gasteiger partial charge is 0.0628 e. The highest BCUT2D eigenvalue weighted by atomic mass is 14.3. The largest absolute Gasteiger partial charge is 0.198 e. The lowest BCUT2D eigenvalue weighted by Gasteiger charge is -2.18. The summed E-state index contributed by atoms with van der Waals surface area (Å²) in [7, 11) is 0. The number of benzene rings is 2. The van der Waals surface area contributed by atoms with Crippen molar-refractivity contribution < 1.29 is 0 Å². The Morgan fingerprint density at radius 2 is 0.706 bits per heavy atom. The molecule has 2 rings (SSSR count). The van der Waals surface area contributed by atoms with Crippen LogP contribution in [0.1, 0.15) is 110 Å². The van der Waals surface area contributed by atoms with E-state index in [2.05, 4.69) is 88.4 Å². The maximum Gasteiger partial charge on any atom is 0.0628 e. The first-order valence-corrected chi connectivity index (χ1v) is 12.1. The fraction of sp³-hybridized carbons (Fsp3) is 0.467. The van der Waals surface area contributed by atoms with Crippen LogP contribution in [0.3, 0.4) is 0 Å². The highest BCUT2D eigenvalue weighted by molar-refractivity contribution is 5.38. The third-order valence-electron chi connectivity index (χ3n) is 6.64. The summed E-state index contributed by atoms with van der Waals surface area (Å²) in [5.41, 5.74) is 7.03. The van der Waals surface area contributed by atoms with Gasteiger partial charge in [0.25, 0.3) is 0 Å². The summed E-state index contributed by atoms with van der Waals surface area (Å²) >= 11 is 0. The van der Waals surface area contributed by atoms with Gasteiger partial charge >= 0.3 is 0 Å². The molecule has 0 aliphatic carbocycles. The summed E-state index contributed by atoms with van der Waals surface area (Å²) in [6.45, 7) is 8.29. The SMILES string of the molecule is CC(CC#N)c1cc(CCc2cc(C(C)CC#N)cc(C(C)CC#N)c2)cc(C(C)CC#N)c1. The maximum atomic E-state index is 9.17. The van der Waals surface area contributed by atoms with Crippen molar-refractivity contribution in [1.82, 2.24) is 0 Å². The Kier molecular flexibility index (Phi) is 10.3. The standard InChI is InChI=1S/C30H34N4/c1-21(7-11-31)27-15-25(16-28(19-27)22(2)8-12-32)5-6-26-17-29(23(3)9-13-33)20-30(18-26)24(4)10-14-34/h15-24H,5-10H2,1-4H3. The average molecular weight is 451 g/mol. The van der Waals surface area contributed by atoms with Crippen LogP contribution >= 0.6 is 0 Å². The predicted octanol–water partition coefficient (Wildman–Crippen LogP) is 7.54. The van der Waals surface area contributed by atoms with Crippen LogP contribution in [0.5, 0.6) is 0 Å². The lowest BCUT2D eigenvalue weighted by molar-refractivity contribution is 0.752. The molecule has 0 radical (unpaired) electrons. The predicted molar refractivity (Wildman–Crippen MR) is 135 cm³/mol. The molecule has 0 saturated heterocycles. The molecule has 0 saturated carbocycles. The molecule has 4 atom stereocenters. The minimum atomic E-state index is 0.145. The normalized spacial score (nSPS) is 14.0. The zero-order valence-electron chi connectivity index (χ0n) is 20.8. The van der Waals surface area contributed by atoms with Crippen LogP contribution in [0.4, 0.5) is 0 Å². The number of rotatable bonds is 11. The molecular weight excluding hydrogens is 416 g/mol. The second-order valence-corrected chi connectivity index (χ2v) is 9.57. The Morgan fingerprint density at radius 3 is 0.912 bits per heavy atom. The van der Waals surface area contributed by atoms with E-state index < -0.39 is 0 Å². The molecule has 0 aliphatic rings. The van der Waals surface area contributed by atoms with Gasteiger partial charge in [0.2, 0.25) is 0 Å². The molecule has 0 N–H and O–H groups in total. The van der Waals surface area contributed by atoms with E-state index in [1.54, 1.807) is 0 Å². The van der Waals surface area contributed by atoms with Gasteiger partial charge in [-0.2, -0.15) is 21.0 Å². The molecule has 4 nitrogen and oxygen atoms in total. The Balaban J connectivity index is 2.38. The first kappa shape index (κ1) is 26.7. The van der Waals surface area contributed by atoms with Crippen molar-refractivity contribution in [1.29, 1.82) is 21.0 Å². The van der Waals surface area contributed by atoms with Crippen molar-refractivity contribution in [2.24, 2.45) is 0 Å². The molecule has 0 spiro atoms. The number of nitrogens with zero attached hydrogens (tertiary/aromatic N) is 4. The van der Waals surface area contributed by atoms with Gasteiger partial charge in [-0.1, -0.05) is 64.1 Å². The Bertz CT molecular complexity index is 964. The number of hydrogen-bond acceptors (Lipinski definition) is 4. The molecular formula is C30H34N4. The number of nitriles is 4. The van der Waals surface area contributed by atoms with Gasteiger partial charge in [0.15, 0.2) is 0 Å². The van der Waals surface area contributed by atoms with Crippen molar-refractivity contribution in [3.63, 3.8) is 0 Å². The molecule has 2 aromatic carbocycles. The monoisotopic (exact) mass is 450 g/mol. The van der Waals surface area contributed by atoms with Crippen molar-refractivity contribution in [2.45, 2.75) is 89.9 Å². The van der Waals surface area contributed by atoms with E-state index in [0.29, 0.717) is 25.7 Å². The van der Waals surface area contributed by atoms with E-state index >= 15 is 0 Å². The fourth-order valence-electron chi connectivity index (χ4n) is 4.23. The minimum absolute atomic E-state index is 0.145. The molecule has 0 fully saturated rings.